The van der Waals surface area contributed by atoms with Gasteiger partial charge in [-0.3, -0.25) is 0 Å². The van der Waals surface area contributed by atoms with E-state index in [2.05, 4.69) is 46.8 Å². The Bertz CT molecular complexity index is 311. The number of rotatable bonds is 6. The zero-order valence-electron chi connectivity index (χ0n) is 11.3. The van der Waals surface area contributed by atoms with Crippen molar-refractivity contribution < 1.29 is 0 Å². The van der Waals surface area contributed by atoms with E-state index in [-0.39, 0.29) is 0 Å². The largest absolute Gasteiger partial charge is 0.139 e. The Morgan fingerprint density at radius 3 is 2.19 bits per heavy atom. The zero-order chi connectivity index (χ0) is 12.0. The lowest BCUT2D eigenvalue weighted by Crippen LogP contribution is -2.09. The van der Waals surface area contributed by atoms with E-state index in [4.69, 9.17) is 0 Å². The molecule has 0 saturated carbocycles. The molecule has 0 radical (unpaired) electrons. The number of benzene rings is 1. The predicted octanol–water partition coefficient (Wildman–Crippen LogP) is 3.19. The van der Waals surface area contributed by atoms with Gasteiger partial charge in [0.25, 0.3) is 0 Å². The summed E-state index contributed by atoms with van der Waals surface area (Å²) >= 11 is 0. The van der Waals surface area contributed by atoms with Gasteiger partial charge < -0.3 is 0 Å². The van der Waals surface area contributed by atoms with Crippen LogP contribution in [0.25, 0.3) is 0 Å². The molecule has 0 aliphatic rings. The van der Waals surface area contributed by atoms with Crippen molar-refractivity contribution >= 4 is 13.3 Å². The van der Waals surface area contributed by atoms with Gasteiger partial charge in [0.2, 0.25) is 0 Å². The fraction of sp³-hybridized carbons (Fsp3) is 0.600. The quantitative estimate of drug-likeness (QED) is 0.640. The maximum atomic E-state index is 2.37. The van der Waals surface area contributed by atoms with Gasteiger partial charge in [-0.2, -0.15) is 0 Å². The highest BCUT2D eigenvalue weighted by Crippen LogP contribution is 2.28. The first-order valence-electron chi connectivity index (χ1n) is 6.82. The van der Waals surface area contributed by atoms with Gasteiger partial charge >= 0.3 is 0 Å². The molecule has 0 nitrogen and oxygen atoms in total. The van der Waals surface area contributed by atoms with Crippen LogP contribution in [-0.2, 0) is 6.42 Å². The molecule has 16 heavy (non-hydrogen) atoms. The first-order chi connectivity index (χ1) is 7.72. The lowest BCUT2D eigenvalue weighted by Gasteiger charge is -2.19. The van der Waals surface area contributed by atoms with Crippen molar-refractivity contribution in [3.63, 3.8) is 0 Å². The Hall–Kier alpha value is -0.715. The average Bonchev–Trinajstić information content (AvgIpc) is 2.28. The third kappa shape index (κ3) is 3.40. The Labute approximate surface area is 102 Å². The van der Waals surface area contributed by atoms with Gasteiger partial charge in [-0.05, 0) is 36.3 Å². The fourth-order valence-corrected chi connectivity index (χ4v) is 2.59. The second-order valence-electron chi connectivity index (χ2n) is 4.83. The Morgan fingerprint density at radius 1 is 1.06 bits per heavy atom. The Balaban J connectivity index is 2.97. The first-order valence-corrected chi connectivity index (χ1v) is 6.82. The molecule has 0 aromatic heterocycles. The molecule has 1 heteroatoms. The third-order valence-electron chi connectivity index (χ3n) is 3.39. The zero-order valence-corrected chi connectivity index (χ0v) is 11.3. The SMILES string of the molecule is Bc1ccc(C(CCC)CCC)c(CC)c1. The van der Waals surface area contributed by atoms with E-state index in [0.29, 0.717) is 0 Å². The minimum absolute atomic E-state index is 0.783. The molecule has 0 saturated heterocycles. The molecule has 0 aliphatic carbocycles. The molecule has 0 aliphatic heterocycles. The van der Waals surface area contributed by atoms with Crippen molar-refractivity contribution in [2.45, 2.75) is 58.8 Å². The van der Waals surface area contributed by atoms with Crippen molar-refractivity contribution in [2.75, 3.05) is 0 Å². The summed E-state index contributed by atoms with van der Waals surface area (Å²) in [5, 5.41) is 0. The smallest absolute Gasteiger partial charge is 0.0887 e. The Kier molecular flexibility index (Phi) is 5.66. The molecular formula is C15H25B. The molecule has 1 aromatic rings. The van der Waals surface area contributed by atoms with Gasteiger partial charge in [0.1, 0.15) is 7.85 Å². The molecular weight excluding hydrogens is 191 g/mol. The van der Waals surface area contributed by atoms with E-state index < -0.39 is 0 Å². The average molecular weight is 216 g/mol. The van der Waals surface area contributed by atoms with E-state index in [1.807, 2.05) is 0 Å². The van der Waals surface area contributed by atoms with Crippen LogP contribution in [0.2, 0.25) is 0 Å². The number of hydrogen-bond donors (Lipinski definition) is 0. The molecule has 0 fully saturated rings. The van der Waals surface area contributed by atoms with E-state index in [1.54, 1.807) is 11.1 Å². The van der Waals surface area contributed by atoms with E-state index in [9.17, 15) is 0 Å². The highest BCUT2D eigenvalue weighted by molar-refractivity contribution is 6.32. The molecule has 88 valence electrons. The molecule has 0 spiro atoms. The molecule has 0 bridgehead atoms. The molecule has 1 rings (SSSR count). The van der Waals surface area contributed by atoms with Crippen LogP contribution in [0.3, 0.4) is 0 Å². The van der Waals surface area contributed by atoms with Crippen LogP contribution in [0, 0.1) is 0 Å². The van der Waals surface area contributed by atoms with Crippen molar-refractivity contribution in [1.29, 1.82) is 0 Å². The minimum Gasteiger partial charge on any atom is -0.0887 e. The van der Waals surface area contributed by atoms with Gasteiger partial charge in [-0.15, -0.1) is 0 Å². The van der Waals surface area contributed by atoms with Crippen LogP contribution < -0.4 is 5.46 Å². The van der Waals surface area contributed by atoms with Crippen LogP contribution in [0.4, 0.5) is 0 Å². The summed E-state index contributed by atoms with van der Waals surface area (Å²) < 4.78 is 0. The Morgan fingerprint density at radius 2 is 1.69 bits per heavy atom. The summed E-state index contributed by atoms with van der Waals surface area (Å²) in [4.78, 5) is 0. The molecule has 0 unspecified atom stereocenters. The number of aryl methyl sites for hydroxylation is 1. The van der Waals surface area contributed by atoms with Gasteiger partial charge in [0, 0.05) is 0 Å². The molecule has 1 aromatic carbocycles. The lowest BCUT2D eigenvalue weighted by molar-refractivity contribution is 0.557. The van der Waals surface area contributed by atoms with Crippen LogP contribution in [-0.4, -0.2) is 7.85 Å². The van der Waals surface area contributed by atoms with Crippen LogP contribution >= 0.6 is 0 Å². The lowest BCUT2D eigenvalue weighted by atomic mass is 9.83. The van der Waals surface area contributed by atoms with Gasteiger partial charge in [0.15, 0.2) is 0 Å². The summed E-state index contributed by atoms with van der Waals surface area (Å²) in [7, 11) is 2.19. The fourth-order valence-electron chi connectivity index (χ4n) is 2.59. The highest BCUT2D eigenvalue weighted by atomic mass is 14.2. The van der Waals surface area contributed by atoms with Crippen LogP contribution in [0.5, 0.6) is 0 Å². The van der Waals surface area contributed by atoms with Crippen molar-refractivity contribution in [1.82, 2.24) is 0 Å². The summed E-state index contributed by atoms with van der Waals surface area (Å²) in [6.45, 7) is 6.86. The maximum Gasteiger partial charge on any atom is 0.139 e. The van der Waals surface area contributed by atoms with E-state index in [0.717, 1.165) is 5.92 Å². The van der Waals surface area contributed by atoms with Crippen molar-refractivity contribution in [3.8, 4) is 0 Å². The topological polar surface area (TPSA) is 0 Å². The second-order valence-corrected chi connectivity index (χ2v) is 4.83. The summed E-state index contributed by atoms with van der Waals surface area (Å²) in [5.41, 5.74) is 4.57. The molecule has 0 amide bonds. The summed E-state index contributed by atoms with van der Waals surface area (Å²) in [6, 6.07) is 7.00. The van der Waals surface area contributed by atoms with Crippen molar-refractivity contribution in [2.24, 2.45) is 0 Å². The van der Waals surface area contributed by atoms with E-state index >= 15 is 0 Å². The monoisotopic (exact) mass is 216 g/mol. The van der Waals surface area contributed by atoms with Crippen LogP contribution in [0.15, 0.2) is 18.2 Å². The highest BCUT2D eigenvalue weighted by Gasteiger charge is 2.12. The third-order valence-corrected chi connectivity index (χ3v) is 3.39. The van der Waals surface area contributed by atoms with Gasteiger partial charge in [0.05, 0.1) is 0 Å². The molecule has 0 atom stereocenters. The summed E-state index contributed by atoms with van der Waals surface area (Å²) in [5.74, 6) is 0.783. The maximum absolute atomic E-state index is 2.37. The number of hydrogen-bond acceptors (Lipinski definition) is 0. The predicted molar refractivity (Wildman–Crippen MR) is 76.6 cm³/mol. The van der Waals surface area contributed by atoms with Crippen molar-refractivity contribution in [3.05, 3.63) is 29.3 Å². The molecule has 0 N–H and O–H groups in total. The van der Waals surface area contributed by atoms with E-state index in [1.165, 1.54) is 37.6 Å². The molecule has 0 heterocycles. The first kappa shape index (κ1) is 13.4. The second kappa shape index (κ2) is 6.78. The summed E-state index contributed by atoms with van der Waals surface area (Å²) in [6.07, 6.45) is 6.43. The van der Waals surface area contributed by atoms with Gasteiger partial charge in [-0.1, -0.05) is 57.3 Å². The van der Waals surface area contributed by atoms with Crippen LogP contribution in [0.1, 0.15) is 63.5 Å². The minimum atomic E-state index is 0.783. The standard InChI is InChI=1S/C15H25B/c1-4-7-13(8-5-2)15-10-9-14(16)11-12(15)6-3/h9-11,13H,4-8,16H2,1-3H3. The van der Waals surface area contributed by atoms with Gasteiger partial charge in [-0.25, -0.2) is 0 Å². The normalized spacial score (nSPS) is 11.0.